The van der Waals surface area contributed by atoms with Crippen molar-refractivity contribution in [2.24, 2.45) is 5.92 Å². The standard InChI is InChI=1S/C16H21N5OS/c1-3-13(22)20-8-5-11(2)16(20)6-9-21(23-16)15-12-4-7-17-14(12)18-10-19-15/h4,7,10-11H,3,5-6,8-9H2,1-2H3,(H,17,18,19). The Morgan fingerprint density at radius 3 is 3.17 bits per heavy atom. The fourth-order valence-electron chi connectivity index (χ4n) is 3.80. The summed E-state index contributed by atoms with van der Waals surface area (Å²) < 4.78 is 2.25. The van der Waals surface area contributed by atoms with Gasteiger partial charge in [-0.2, -0.15) is 0 Å². The number of amides is 1. The molecule has 4 rings (SSSR count). The van der Waals surface area contributed by atoms with E-state index < -0.39 is 0 Å². The molecule has 4 heterocycles. The molecule has 0 aliphatic carbocycles. The zero-order chi connectivity index (χ0) is 16.0. The van der Waals surface area contributed by atoms with Crippen LogP contribution in [0.25, 0.3) is 11.0 Å². The summed E-state index contributed by atoms with van der Waals surface area (Å²) >= 11 is 1.79. The molecular formula is C16H21N5OS. The van der Waals surface area contributed by atoms with Crippen molar-refractivity contribution in [1.82, 2.24) is 19.9 Å². The topological polar surface area (TPSA) is 65.1 Å². The first-order valence-electron chi connectivity index (χ1n) is 8.21. The molecule has 2 fully saturated rings. The first-order chi connectivity index (χ1) is 11.2. The minimum Gasteiger partial charge on any atom is -0.346 e. The largest absolute Gasteiger partial charge is 0.346 e. The minimum atomic E-state index is -0.110. The molecule has 1 N–H and O–H groups in total. The Bertz CT molecular complexity index is 747. The van der Waals surface area contributed by atoms with Crippen LogP contribution in [0.3, 0.4) is 0 Å². The normalized spacial score (nSPS) is 27.5. The molecule has 6 nitrogen and oxygen atoms in total. The molecular weight excluding hydrogens is 310 g/mol. The monoisotopic (exact) mass is 331 g/mol. The number of likely N-dealkylation sites (tertiary alicyclic amines) is 1. The molecule has 2 atom stereocenters. The van der Waals surface area contributed by atoms with Gasteiger partial charge in [-0.3, -0.25) is 9.10 Å². The van der Waals surface area contributed by atoms with Crippen molar-refractivity contribution in [1.29, 1.82) is 0 Å². The Balaban J connectivity index is 1.68. The highest BCUT2D eigenvalue weighted by molar-refractivity contribution is 8.02. The molecule has 122 valence electrons. The lowest BCUT2D eigenvalue weighted by Gasteiger charge is -2.37. The number of carbonyl (C=O) groups excluding carboxylic acids is 1. The zero-order valence-corrected chi connectivity index (χ0v) is 14.3. The second kappa shape index (κ2) is 5.40. The number of hydrogen-bond donors (Lipinski definition) is 1. The Morgan fingerprint density at radius 2 is 2.35 bits per heavy atom. The predicted molar refractivity (Wildman–Crippen MR) is 92.0 cm³/mol. The number of anilines is 1. The summed E-state index contributed by atoms with van der Waals surface area (Å²) in [5.74, 6) is 1.70. The summed E-state index contributed by atoms with van der Waals surface area (Å²) in [6.45, 7) is 5.99. The van der Waals surface area contributed by atoms with Crippen molar-refractivity contribution in [3.8, 4) is 0 Å². The summed E-state index contributed by atoms with van der Waals surface area (Å²) in [4.78, 5) is 26.3. The van der Waals surface area contributed by atoms with Crippen LogP contribution in [0.15, 0.2) is 18.6 Å². The van der Waals surface area contributed by atoms with Gasteiger partial charge in [0.05, 0.1) is 5.39 Å². The molecule has 1 amide bonds. The minimum absolute atomic E-state index is 0.110. The molecule has 2 aromatic rings. The van der Waals surface area contributed by atoms with Gasteiger partial charge in [-0.1, -0.05) is 13.8 Å². The number of nitrogens with one attached hydrogen (secondary N) is 1. The summed E-state index contributed by atoms with van der Waals surface area (Å²) in [6.07, 6.45) is 6.14. The lowest BCUT2D eigenvalue weighted by atomic mass is 9.99. The van der Waals surface area contributed by atoms with E-state index >= 15 is 0 Å². The highest BCUT2D eigenvalue weighted by Crippen LogP contribution is 2.53. The van der Waals surface area contributed by atoms with Crippen LogP contribution >= 0.6 is 11.9 Å². The van der Waals surface area contributed by atoms with Crippen LogP contribution in [0.2, 0.25) is 0 Å². The van der Waals surface area contributed by atoms with Gasteiger partial charge in [-0.15, -0.1) is 0 Å². The predicted octanol–water partition coefficient (Wildman–Crippen LogP) is 2.79. The molecule has 2 aliphatic heterocycles. The Labute approximate surface area is 139 Å². The number of rotatable bonds is 2. The molecule has 0 bridgehead atoms. The van der Waals surface area contributed by atoms with Gasteiger partial charge >= 0.3 is 0 Å². The molecule has 2 aliphatic rings. The number of carbonyl (C=O) groups is 1. The van der Waals surface area contributed by atoms with Crippen LogP contribution in [-0.2, 0) is 4.79 Å². The van der Waals surface area contributed by atoms with E-state index in [-0.39, 0.29) is 10.8 Å². The fraction of sp³-hybridized carbons (Fsp3) is 0.562. The number of aromatic amines is 1. The maximum absolute atomic E-state index is 12.4. The first-order valence-corrected chi connectivity index (χ1v) is 8.98. The number of aromatic nitrogens is 3. The van der Waals surface area contributed by atoms with Crippen molar-refractivity contribution >= 4 is 34.7 Å². The molecule has 0 saturated carbocycles. The Kier molecular flexibility index (Phi) is 3.48. The van der Waals surface area contributed by atoms with Gasteiger partial charge in [0, 0.05) is 32.1 Å². The second-order valence-electron chi connectivity index (χ2n) is 6.31. The average molecular weight is 331 g/mol. The SMILES string of the molecule is CCC(=O)N1CCC(C)C12CCN(c1ncnc3[nH]ccc13)S2. The van der Waals surface area contributed by atoms with Gasteiger partial charge < -0.3 is 9.88 Å². The van der Waals surface area contributed by atoms with E-state index in [0.29, 0.717) is 12.3 Å². The van der Waals surface area contributed by atoms with Crippen molar-refractivity contribution in [3.63, 3.8) is 0 Å². The van der Waals surface area contributed by atoms with Crippen LogP contribution < -0.4 is 4.31 Å². The van der Waals surface area contributed by atoms with E-state index in [1.165, 1.54) is 0 Å². The van der Waals surface area contributed by atoms with E-state index in [1.807, 2.05) is 19.2 Å². The molecule has 7 heteroatoms. The highest BCUT2D eigenvalue weighted by Gasteiger charge is 2.53. The van der Waals surface area contributed by atoms with E-state index in [0.717, 1.165) is 42.8 Å². The van der Waals surface area contributed by atoms with Crippen LogP contribution in [0.5, 0.6) is 0 Å². The quantitative estimate of drug-likeness (QED) is 0.857. The number of nitrogens with zero attached hydrogens (tertiary/aromatic N) is 4. The Morgan fingerprint density at radius 1 is 1.48 bits per heavy atom. The van der Waals surface area contributed by atoms with Gasteiger partial charge in [-0.05, 0) is 30.4 Å². The lowest BCUT2D eigenvalue weighted by molar-refractivity contribution is -0.132. The summed E-state index contributed by atoms with van der Waals surface area (Å²) in [7, 11) is 0. The van der Waals surface area contributed by atoms with Crippen molar-refractivity contribution in [2.45, 2.75) is 38.0 Å². The van der Waals surface area contributed by atoms with Crippen molar-refractivity contribution in [3.05, 3.63) is 18.6 Å². The number of hydrogen-bond acceptors (Lipinski definition) is 5. The maximum atomic E-state index is 12.4. The molecule has 2 saturated heterocycles. The maximum Gasteiger partial charge on any atom is 0.223 e. The van der Waals surface area contributed by atoms with Gasteiger partial charge in [0.25, 0.3) is 0 Å². The fourth-order valence-corrected chi connectivity index (χ4v) is 5.37. The van der Waals surface area contributed by atoms with E-state index in [9.17, 15) is 4.79 Å². The van der Waals surface area contributed by atoms with Crippen LogP contribution in [0.4, 0.5) is 5.82 Å². The second-order valence-corrected chi connectivity index (χ2v) is 7.64. The smallest absolute Gasteiger partial charge is 0.223 e. The molecule has 2 aromatic heterocycles. The highest BCUT2D eigenvalue weighted by atomic mass is 32.2. The van der Waals surface area contributed by atoms with Crippen LogP contribution in [-0.4, -0.2) is 43.7 Å². The third-order valence-electron chi connectivity index (χ3n) is 5.13. The van der Waals surface area contributed by atoms with E-state index in [2.05, 4.69) is 31.1 Å². The molecule has 23 heavy (non-hydrogen) atoms. The summed E-state index contributed by atoms with van der Waals surface area (Å²) in [6, 6.07) is 2.02. The number of fused-ring (bicyclic) bond motifs is 1. The zero-order valence-electron chi connectivity index (χ0n) is 13.5. The number of H-pyrrole nitrogens is 1. The van der Waals surface area contributed by atoms with Gasteiger partial charge in [0.15, 0.2) is 5.82 Å². The first kappa shape index (κ1) is 14.8. The molecule has 0 radical (unpaired) electrons. The third-order valence-corrected chi connectivity index (χ3v) is 6.85. The van der Waals surface area contributed by atoms with Crippen molar-refractivity contribution in [2.75, 3.05) is 17.4 Å². The van der Waals surface area contributed by atoms with Gasteiger partial charge in [-0.25, -0.2) is 9.97 Å². The third kappa shape index (κ3) is 2.13. The van der Waals surface area contributed by atoms with Crippen LogP contribution in [0, 0.1) is 5.92 Å². The van der Waals surface area contributed by atoms with Gasteiger partial charge in [0.1, 0.15) is 16.8 Å². The Hall–Kier alpha value is -1.76. The molecule has 1 spiro atoms. The molecule has 2 unspecified atom stereocenters. The van der Waals surface area contributed by atoms with Crippen LogP contribution in [0.1, 0.15) is 33.1 Å². The van der Waals surface area contributed by atoms with Crippen molar-refractivity contribution < 1.29 is 4.79 Å². The van der Waals surface area contributed by atoms with E-state index in [1.54, 1.807) is 18.3 Å². The molecule has 0 aromatic carbocycles. The lowest BCUT2D eigenvalue weighted by Crippen LogP contribution is -2.46. The summed E-state index contributed by atoms with van der Waals surface area (Å²) in [5, 5.41) is 1.04. The van der Waals surface area contributed by atoms with Gasteiger partial charge in [0.2, 0.25) is 5.91 Å². The van der Waals surface area contributed by atoms with E-state index in [4.69, 9.17) is 0 Å². The average Bonchev–Trinajstić information content (AvgIpc) is 3.28. The summed E-state index contributed by atoms with van der Waals surface area (Å²) in [5.41, 5.74) is 0.859.